The first-order valence-corrected chi connectivity index (χ1v) is 1.73. The third kappa shape index (κ3) is 26.7. The van der Waals surface area contributed by atoms with E-state index in [-0.39, 0.29) is 34.0 Å². The molecular formula is C4H6MgO6. The first kappa shape index (κ1) is 22.4. The van der Waals surface area contributed by atoms with E-state index in [2.05, 4.69) is 0 Å². The van der Waals surface area contributed by atoms with E-state index < -0.39 is 11.9 Å². The maximum Gasteiger partial charge on any atom is 2.00 e. The number of carboxylic acids is 2. The van der Waals surface area contributed by atoms with Crippen LogP contribution in [0.5, 0.6) is 0 Å². The van der Waals surface area contributed by atoms with Crippen LogP contribution in [0, 0.1) is 0 Å². The number of hydrogen-bond donors (Lipinski definition) is 0. The molecule has 4 N–H and O–H groups in total. The van der Waals surface area contributed by atoms with E-state index in [1.54, 1.807) is 0 Å². The summed E-state index contributed by atoms with van der Waals surface area (Å²) < 4.78 is 0. The molecule has 0 unspecified atom stereocenters. The number of aliphatic carboxylic acids is 2. The zero-order valence-electron chi connectivity index (χ0n) is 5.49. The molecule has 0 amide bonds. The predicted molar refractivity (Wildman–Crippen MR) is 32.1 cm³/mol. The van der Waals surface area contributed by atoms with E-state index in [0.29, 0.717) is 12.2 Å². The summed E-state index contributed by atoms with van der Waals surface area (Å²) in [5.41, 5.74) is 0. The summed E-state index contributed by atoms with van der Waals surface area (Å²) in [6, 6.07) is 0. The molecule has 0 aromatic heterocycles. The molecule has 0 aromatic rings. The van der Waals surface area contributed by atoms with E-state index in [4.69, 9.17) is 0 Å². The van der Waals surface area contributed by atoms with Crippen molar-refractivity contribution >= 4 is 35.0 Å². The van der Waals surface area contributed by atoms with Gasteiger partial charge in [0.1, 0.15) is 0 Å². The fraction of sp³-hybridized carbons (Fsp3) is 0. The Balaban J connectivity index is -0.0000000817. The monoisotopic (exact) mass is 174 g/mol. The molecule has 0 spiro atoms. The van der Waals surface area contributed by atoms with Crippen LogP contribution in [0.4, 0.5) is 0 Å². The van der Waals surface area contributed by atoms with E-state index in [1.807, 2.05) is 0 Å². The molecule has 60 valence electrons. The molecule has 0 heterocycles. The number of hydrogen-bond acceptors (Lipinski definition) is 4. The smallest absolute Gasteiger partial charge is 0.545 e. The second kappa shape index (κ2) is 12.1. The van der Waals surface area contributed by atoms with Crippen molar-refractivity contribution in [1.29, 1.82) is 0 Å². The molecule has 0 fully saturated rings. The van der Waals surface area contributed by atoms with Gasteiger partial charge in [-0.3, -0.25) is 0 Å². The van der Waals surface area contributed by atoms with Gasteiger partial charge in [-0.2, -0.15) is 0 Å². The summed E-state index contributed by atoms with van der Waals surface area (Å²) in [4.78, 5) is 18.8. The van der Waals surface area contributed by atoms with Crippen molar-refractivity contribution in [3.05, 3.63) is 12.2 Å². The third-order valence-electron chi connectivity index (χ3n) is 0.355. The molecule has 0 bridgehead atoms. The summed E-state index contributed by atoms with van der Waals surface area (Å²) in [6.07, 6.45) is 0.769. The van der Waals surface area contributed by atoms with Gasteiger partial charge < -0.3 is 30.8 Å². The Bertz CT molecular complexity index is 126. The van der Waals surface area contributed by atoms with Crippen LogP contribution < -0.4 is 10.2 Å². The molecule has 0 saturated heterocycles. The molecular weight excluding hydrogens is 168 g/mol. The summed E-state index contributed by atoms with van der Waals surface area (Å²) in [5.74, 6) is -3.09. The number of carbonyl (C=O) groups excluding carboxylic acids is 2. The SMILES string of the molecule is O.O.O=C([O-])/C=C\C(=O)[O-].[Mg+2]. The van der Waals surface area contributed by atoms with Crippen LogP contribution in [-0.4, -0.2) is 45.9 Å². The van der Waals surface area contributed by atoms with Gasteiger partial charge in [0, 0.05) is 0 Å². The molecule has 0 atom stereocenters. The Kier molecular flexibility index (Phi) is 24.6. The van der Waals surface area contributed by atoms with Gasteiger partial charge in [0.05, 0.1) is 11.9 Å². The quantitative estimate of drug-likeness (QED) is 0.305. The van der Waals surface area contributed by atoms with Gasteiger partial charge in [-0.05, 0) is 12.2 Å². The van der Waals surface area contributed by atoms with Gasteiger partial charge in [-0.15, -0.1) is 0 Å². The molecule has 0 rings (SSSR count). The standard InChI is InChI=1S/C4H4O4.Mg.2H2O/c5-3(6)1-2-4(7)8;;;/h1-2H,(H,5,6)(H,7,8);;2*1H2/q;+2;;/p-2/b2-1-;;;. The summed E-state index contributed by atoms with van der Waals surface area (Å²) in [5, 5.41) is 18.8. The van der Waals surface area contributed by atoms with Gasteiger partial charge in [0.15, 0.2) is 0 Å². The van der Waals surface area contributed by atoms with Crippen molar-refractivity contribution in [2.45, 2.75) is 0 Å². The molecule has 0 aliphatic carbocycles. The summed E-state index contributed by atoms with van der Waals surface area (Å²) in [6.45, 7) is 0. The molecule has 11 heavy (non-hydrogen) atoms. The predicted octanol–water partition coefficient (Wildman–Crippen LogP) is -4.99. The van der Waals surface area contributed by atoms with Crippen molar-refractivity contribution in [2.24, 2.45) is 0 Å². The van der Waals surface area contributed by atoms with Crippen LogP contribution >= 0.6 is 0 Å². The van der Waals surface area contributed by atoms with Gasteiger partial charge in [0.25, 0.3) is 0 Å². The molecule has 0 aromatic carbocycles. The number of rotatable bonds is 2. The van der Waals surface area contributed by atoms with Crippen LogP contribution in [0.15, 0.2) is 12.2 Å². The zero-order valence-corrected chi connectivity index (χ0v) is 6.91. The summed E-state index contributed by atoms with van der Waals surface area (Å²) >= 11 is 0. The zero-order chi connectivity index (χ0) is 6.57. The minimum absolute atomic E-state index is 0. The number of carboxylic acid groups (broad SMARTS) is 2. The Hall–Kier alpha value is -0.634. The van der Waals surface area contributed by atoms with E-state index in [0.717, 1.165) is 0 Å². The fourth-order valence-corrected chi connectivity index (χ4v) is 0.136. The minimum atomic E-state index is -1.55. The second-order valence-electron chi connectivity index (χ2n) is 0.971. The normalized spacial score (nSPS) is 6.91. The van der Waals surface area contributed by atoms with Crippen LogP contribution in [-0.2, 0) is 9.59 Å². The van der Waals surface area contributed by atoms with Gasteiger partial charge in [0.2, 0.25) is 0 Å². The van der Waals surface area contributed by atoms with Crippen LogP contribution in [0.2, 0.25) is 0 Å². The molecule has 0 aliphatic heterocycles. The van der Waals surface area contributed by atoms with Crippen LogP contribution in [0.25, 0.3) is 0 Å². The van der Waals surface area contributed by atoms with Crippen molar-refractivity contribution in [2.75, 3.05) is 0 Å². The molecule has 0 aliphatic rings. The molecule has 0 saturated carbocycles. The molecule has 6 nitrogen and oxygen atoms in total. The first-order chi connectivity index (χ1) is 3.63. The van der Waals surface area contributed by atoms with Crippen LogP contribution in [0.1, 0.15) is 0 Å². The summed E-state index contributed by atoms with van der Waals surface area (Å²) in [7, 11) is 0. The average Bonchev–Trinajstić information content (AvgIpc) is 1.61. The van der Waals surface area contributed by atoms with Crippen molar-refractivity contribution < 1.29 is 30.8 Å². The van der Waals surface area contributed by atoms with Crippen molar-refractivity contribution in [3.63, 3.8) is 0 Å². The largest absolute Gasteiger partial charge is 2.00 e. The van der Waals surface area contributed by atoms with Crippen LogP contribution in [0.3, 0.4) is 0 Å². The Morgan fingerprint density at radius 3 is 1.18 bits per heavy atom. The van der Waals surface area contributed by atoms with Gasteiger partial charge >= 0.3 is 23.1 Å². The van der Waals surface area contributed by atoms with Crippen molar-refractivity contribution in [1.82, 2.24) is 0 Å². The Morgan fingerprint density at radius 2 is 1.09 bits per heavy atom. The van der Waals surface area contributed by atoms with E-state index in [1.165, 1.54) is 0 Å². The maximum atomic E-state index is 9.41. The Morgan fingerprint density at radius 1 is 0.909 bits per heavy atom. The third-order valence-corrected chi connectivity index (χ3v) is 0.355. The number of carbonyl (C=O) groups is 2. The van der Waals surface area contributed by atoms with E-state index >= 15 is 0 Å². The fourth-order valence-electron chi connectivity index (χ4n) is 0.136. The second-order valence-corrected chi connectivity index (χ2v) is 0.971. The molecule has 0 radical (unpaired) electrons. The van der Waals surface area contributed by atoms with Gasteiger partial charge in [-0.1, -0.05) is 0 Å². The van der Waals surface area contributed by atoms with Gasteiger partial charge in [-0.25, -0.2) is 0 Å². The maximum absolute atomic E-state index is 9.41. The topological polar surface area (TPSA) is 143 Å². The van der Waals surface area contributed by atoms with Crippen molar-refractivity contribution in [3.8, 4) is 0 Å². The average molecular weight is 174 g/mol. The Labute approximate surface area is 78.3 Å². The first-order valence-electron chi connectivity index (χ1n) is 1.73. The minimum Gasteiger partial charge on any atom is -0.545 e. The molecule has 7 heteroatoms. The van der Waals surface area contributed by atoms with E-state index in [9.17, 15) is 19.8 Å².